The van der Waals surface area contributed by atoms with Crippen molar-refractivity contribution in [3.63, 3.8) is 0 Å². The fraction of sp³-hybridized carbons (Fsp3) is 0.500. The topological polar surface area (TPSA) is 128 Å². The molecule has 1 aromatic heterocycles. The average molecular weight is 242 g/mol. The van der Waals surface area contributed by atoms with E-state index >= 15 is 0 Å². The van der Waals surface area contributed by atoms with Gasteiger partial charge >= 0.3 is 5.69 Å². The van der Waals surface area contributed by atoms with E-state index in [9.17, 15) is 10.1 Å². The van der Waals surface area contributed by atoms with Crippen LogP contribution in [0.5, 0.6) is 0 Å². The Morgan fingerprint density at radius 1 is 1.71 bits per heavy atom. The summed E-state index contributed by atoms with van der Waals surface area (Å²) in [5.41, 5.74) is 2.01. The second-order valence-electron chi connectivity index (χ2n) is 3.33. The van der Waals surface area contributed by atoms with E-state index in [1.54, 1.807) is 7.11 Å². The van der Waals surface area contributed by atoms with Crippen molar-refractivity contribution >= 4 is 17.5 Å². The fourth-order valence-corrected chi connectivity index (χ4v) is 1.21. The van der Waals surface area contributed by atoms with Crippen LogP contribution in [0, 0.1) is 10.1 Å². The second kappa shape index (κ2) is 5.92. The third-order valence-electron chi connectivity index (χ3n) is 1.90. The van der Waals surface area contributed by atoms with Gasteiger partial charge in [-0.3, -0.25) is 15.5 Å². The van der Waals surface area contributed by atoms with Crippen LogP contribution >= 0.6 is 0 Å². The summed E-state index contributed by atoms with van der Waals surface area (Å²) in [4.78, 5) is 17.7. The molecule has 0 bridgehead atoms. The minimum absolute atomic E-state index is 0.0995. The highest BCUT2D eigenvalue weighted by atomic mass is 16.6. The summed E-state index contributed by atoms with van der Waals surface area (Å²) in [6.07, 6.45) is 1.09. The number of nitrogens with two attached hydrogens (primary N) is 1. The number of anilines is 2. The standard InChI is InChI=1S/C8H14N6O3/c1-5(4-17-2)11-7-6(14(15)16)3-10-8(12-7)13-9/h3,5H,4,9H2,1-2H3,(H2,10,11,12,13). The molecule has 17 heavy (non-hydrogen) atoms. The van der Waals surface area contributed by atoms with Gasteiger partial charge in [0.15, 0.2) is 0 Å². The molecule has 94 valence electrons. The molecule has 1 rings (SSSR count). The van der Waals surface area contributed by atoms with Crippen LogP contribution in [0.4, 0.5) is 17.5 Å². The van der Waals surface area contributed by atoms with Crippen molar-refractivity contribution in [3.05, 3.63) is 16.3 Å². The summed E-state index contributed by atoms with van der Waals surface area (Å²) >= 11 is 0. The smallest absolute Gasteiger partial charge is 0.329 e. The largest absolute Gasteiger partial charge is 0.383 e. The lowest BCUT2D eigenvalue weighted by atomic mass is 10.3. The van der Waals surface area contributed by atoms with E-state index in [0.29, 0.717) is 6.61 Å². The average Bonchev–Trinajstić information content (AvgIpc) is 2.28. The summed E-state index contributed by atoms with van der Waals surface area (Å²) < 4.78 is 4.92. The number of nitrogens with one attached hydrogen (secondary N) is 2. The Kier molecular flexibility index (Phi) is 4.55. The molecule has 1 unspecified atom stereocenters. The van der Waals surface area contributed by atoms with Gasteiger partial charge in [0.25, 0.3) is 0 Å². The highest BCUT2D eigenvalue weighted by Crippen LogP contribution is 2.22. The van der Waals surface area contributed by atoms with E-state index in [4.69, 9.17) is 10.6 Å². The molecule has 9 heteroatoms. The van der Waals surface area contributed by atoms with Crippen LogP contribution in [0.15, 0.2) is 6.20 Å². The highest BCUT2D eigenvalue weighted by Gasteiger charge is 2.18. The number of rotatable bonds is 6. The second-order valence-corrected chi connectivity index (χ2v) is 3.33. The highest BCUT2D eigenvalue weighted by molar-refractivity contribution is 5.57. The number of nitrogens with zero attached hydrogens (tertiary/aromatic N) is 3. The van der Waals surface area contributed by atoms with Gasteiger partial charge in [-0.15, -0.1) is 0 Å². The molecule has 0 saturated heterocycles. The Bertz CT molecular complexity index is 399. The van der Waals surface area contributed by atoms with Gasteiger partial charge in [-0.2, -0.15) is 4.98 Å². The maximum Gasteiger partial charge on any atom is 0.329 e. The number of methoxy groups -OCH3 is 1. The molecular weight excluding hydrogens is 228 g/mol. The van der Waals surface area contributed by atoms with Crippen molar-refractivity contribution in [3.8, 4) is 0 Å². The first-order valence-corrected chi connectivity index (χ1v) is 4.82. The lowest BCUT2D eigenvalue weighted by Gasteiger charge is -2.13. The molecule has 0 aromatic carbocycles. The molecule has 0 saturated carbocycles. The predicted molar refractivity (Wildman–Crippen MR) is 61.5 cm³/mol. The SMILES string of the molecule is COCC(C)Nc1nc(NN)ncc1[N+](=O)[O-]. The maximum absolute atomic E-state index is 10.8. The third-order valence-corrected chi connectivity index (χ3v) is 1.90. The first-order valence-electron chi connectivity index (χ1n) is 4.82. The Hall–Kier alpha value is -2.00. The number of ether oxygens (including phenoxy) is 1. The predicted octanol–water partition coefficient (Wildman–Crippen LogP) is 0.117. The van der Waals surface area contributed by atoms with Crippen LogP contribution in [0.1, 0.15) is 6.92 Å². The minimum atomic E-state index is -0.567. The van der Waals surface area contributed by atoms with Gasteiger partial charge in [-0.1, -0.05) is 0 Å². The normalized spacial score (nSPS) is 11.9. The van der Waals surface area contributed by atoms with Crippen LogP contribution in [-0.4, -0.2) is 34.6 Å². The number of aromatic nitrogens is 2. The number of hydrogen-bond donors (Lipinski definition) is 3. The van der Waals surface area contributed by atoms with E-state index in [2.05, 4.69) is 20.7 Å². The molecule has 0 fully saturated rings. The van der Waals surface area contributed by atoms with Crippen LogP contribution < -0.4 is 16.6 Å². The molecule has 0 amide bonds. The van der Waals surface area contributed by atoms with Crippen molar-refractivity contribution in [1.82, 2.24) is 9.97 Å². The van der Waals surface area contributed by atoms with E-state index in [1.165, 1.54) is 0 Å². The molecule has 0 spiro atoms. The summed E-state index contributed by atoms with van der Waals surface area (Å²) in [5, 5.41) is 13.6. The van der Waals surface area contributed by atoms with Gasteiger partial charge in [0.2, 0.25) is 11.8 Å². The molecule has 0 aliphatic rings. The Morgan fingerprint density at radius 2 is 2.41 bits per heavy atom. The maximum atomic E-state index is 10.8. The van der Waals surface area contributed by atoms with Crippen LogP contribution in [0.25, 0.3) is 0 Å². The van der Waals surface area contributed by atoms with E-state index in [1.807, 2.05) is 6.92 Å². The van der Waals surface area contributed by atoms with Crippen molar-refractivity contribution in [1.29, 1.82) is 0 Å². The Balaban J connectivity index is 2.96. The van der Waals surface area contributed by atoms with Gasteiger partial charge < -0.3 is 10.1 Å². The van der Waals surface area contributed by atoms with Gasteiger partial charge in [0.05, 0.1) is 11.5 Å². The van der Waals surface area contributed by atoms with Gasteiger partial charge in [0.1, 0.15) is 6.20 Å². The zero-order chi connectivity index (χ0) is 12.8. The first-order chi connectivity index (χ1) is 8.08. The minimum Gasteiger partial charge on any atom is -0.383 e. The number of hydrazine groups is 1. The number of hydrogen-bond acceptors (Lipinski definition) is 8. The van der Waals surface area contributed by atoms with Crippen LogP contribution in [-0.2, 0) is 4.74 Å². The summed E-state index contributed by atoms with van der Waals surface area (Å²) in [7, 11) is 1.54. The van der Waals surface area contributed by atoms with Crippen molar-refractivity contribution in [2.45, 2.75) is 13.0 Å². The number of nitro groups is 1. The molecule has 0 radical (unpaired) electrons. The third kappa shape index (κ3) is 3.50. The van der Waals surface area contributed by atoms with Gasteiger partial charge in [-0.05, 0) is 6.92 Å². The monoisotopic (exact) mass is 242 g/mol. The summed E-state index contributed by atoms with van der Waals surface area (Å²) in [6, 6.07) is -0.126. The Labute approximate surface area is 97.5 Å². The van der Waals surface area contributed by atoms with E-state index in [0.717, 1.165) is 6.20 Å². The lowest BCUT2D eigenvalue weighted by Crippen LogP contribution is -2.23. The molecule has 0 aliphatic carbocycles. The molecule has 1 atom stereocenters. The molecule has 0 aliphatic heterocycles. The Morgan fingerprint density at radius 3 is 2.94 bits per heavy atom. The summed E-state index contributed by atoms with van der Waals surface area (Å²) in [5.74, 6) is 5.34. The van der Waals surface area contributed by atoms with Crippen molar-refractivity contribution in [2.24, 2.45) is 5.84 Å². The van der Waals surface area contributed by atoms with Crippen molar-refractivity contribution in [2.75, 3.05) is 24.5 Å². The van der Waals surface area contributed by atoms with Gasteiger partial charge in [0, 0.05) is 13.2 Å². The zero-order valence-corrected chi connectivity index (χ0v) is 9.51. The fourth-order valence-electron chi connectivity index (χ4n) is 1.21. The van der Waals surface area contributed by atoms with Crippen molar-refractivity contribution < 1.29 is 9.66 Å². The summed E-state index contributed by atoms with van der Waals surface area (Å²) in [6.45, 7) is 2.21. The van der Waals surface area contributed by atoms with E-state index < -0.39 is 4.92 Å². The lowest BCUT2D eigenvalue weighted by molar-refractivity contribution is -0.384. The molecule has 4 N–H and O–H groups in total. The first kappa shape index (κ1) is 13.1. The zero-order valence-electron chi connectivity index (χ0n) is 9.51. The molecular formula is C8H14N6O3. The van der Waals surface area contributed by atoms with Gasteiger partial charge in [-0.25, -0.2) is 10.8 Å². The molecule has 1 heterocycles. The quantitative estimate of drug-likeness (QED) is 0.364. The number of nitrogen functional groups attached to an aromatic ring is 1. The molecule has 1 aromatic rings. The van der Waals surface area contributed by atoms with Crippen LogP contribution in [0.3, 0.4) is 0 Å². The van der Waals surface area contributed by atoms with E-state index in [-0.39, 0.29) is 23.5 Å². The van der Waals surface area contributed by atoms with Crippen LogP contribution in [0.2, 0.25) is 0 Å². The molecule has 9 nitrogen and oxygen atoms in total.